The van der Waals surface area contributed by atoms with Crippen LogP contribution >= 0.6 is 11.6 Å². The van der Waals surface area contributed by atoms with Gasteiger partial charge in [-0.25, -0.2) is 4.79 Å². The summed E-state index contributed by atoms with van der Waals surface area (Å²) in [4.78, 5) is 22.6. The van der Waals surface area contributed by atoms with Crippen molar-refractivity contribution in [1.29, 1.82) is 0 Å². The quantitative estimate of drug-likeness (QED) is 0.801. The molecule has 1 heterocycles. The van der Waals surface area contributed by atoms with Gasteiger partial charge < -0.3 is 5.32 Å². The van der Waals surface area contributed by atoms with Crippen LogP contribution in [-0.4, -0.2) is 27.1 Å². The van der Waals surface area contributed by atoms with Gasteiger partial charge in [0.25, 0.3) is 0 Å². The first-order valence-electron chi connectivity index (χ1n) is 5.68. The molecule has 0 saturated carbocycles. The summed E-state index contributed by atoms with van der Waals surface area (Å²) in [6, 6.07) is -0.557. The van der Waals surface area contributed by atoms with Gasteiger partial charge in [0, 0.05) is 25.4 Å². The minimum atomic E-state index is -0.736. The lowest BCUT2D eigenvalue weighted by Gasteiger charge is -2.07. The first-order chi connectivity index (χ1) is 8.43. The Morgan fingerprint density at radius 2 is 2.22 bits per heavy atom. The Kier molecular flexibility index (Phi) is 5.15. The molecule has 0 aliphatic heterocycles. The molecule has 2 N–H and O–H groups in total. The maximum absolute atomic E-state index is 11.4. The summed E-state index contributed by atoms with van der Waals surface area (Å²) in [5.74, 6) is -0.518. The predicted molar refractivity (Wildman–Crippen MR) is 68.3 cm³/mol. The van der Waals surface area contributed by atoms with Crippen molar-refractivity contribution in [2.75, 3.05) is 0 Å². The second-order valence-corrected chi connectivity index (χ2v) is 4.57. The highest BCUT2D eigenvalue weighted by Gasteiger charge is 2.13. The molecule has 6 nitrogen and oxygen atoms in total. The number of imide groups is 1. The zero-order valence-corrected chi connectivity index (χ0v) is 11.4. The van der Waals surface area contributed by atoms with Crippen LogP contribution in [0.4, 0.5) is 4.79 Å². The molecule has 0 aliphatic rings. The number of amides is 3. The fraction of sp³-hybridized carbons (Fsp3) is 0.545. The Balaban J connectivity index is 2.49. The van der Waals surface area contributed by atoms with Gasteiger partial charge in [-0.1, -0.05) is 6.92 Å². The predicted octanol–water partition coefficient (Wildman–Crippen LogP) is 0.936. The van der Waals surface area contributed by atoms with E-state index in [1.54, 1.807) is 4.68 Å². The van der Waals surface area contributed by atoms with Gasteiger partial charge >= 0.3 is 6.03 Å². The summed E-state index contributed by atoms with van der Waals surface area (Å²) in [6.45, 7) is 3.82. The lowest BCUT2D eigenvalue weighted by molar-refractivity contribution is -0.119. The molecule has 18 heavy (non-hydrogen) atoms. The van der Waals surface area contributed by atoms with E-state index in [1.165, 1.54) is 6.92 Å². The van der Waals surface area contributed by atoms with E-state index >= 15 is 0 Å². The zero-order valence-electron chi connectivity index (χ0n) is 10.7. The van der Waals surface area contributed by atoms with Gasteiger partial charge in [0.2, 0.25) is 5.91 Å². The van der Waals surface area contributed by atoms with Crippen LogP contribution in [0.15, 0.2) is 6.20 Å². The van der Waals surface area contributed by atoms with Crippen LogP contribution in [0.2, 0.25) is 0 Å². The van der Waals surface area contributed by atoms with Crippen molar-refractivity contribution >= 4 is 23.5 Å². The topological polar surface area (TPSA) is 76.0 Å². The number of hydrogen-bond acceptors (Lipinski definition) is 3. The molecule has 0 fully saturated rings. The van der Waals surface area contributed by atoms with E-state index < -0.39 is 17.3 Å². The number of aromatic nitrogens is 2. The highest BCUT2D eigenvalue weighted by atomic mass is 35.5. The minimum absolute atomic E-state index is 0.326. The van der Waals surface area contributed by atoms with Crippen LogP contribution < -0.4 is 10.6 Å². The number of hydrogen-bond donors (Lipinski definition) is 2. The van der Waals surface area contributed by atoms with Gasteiger partial charge in [0.05, 0.1) is 5.69 Å². The molecule has 1 rings (SSSR count). The number of carbonyl (C=O) groups is 2. The van der Waals surface area contributed by atoms with Gasteiger partial charge in [0.15, 0.2) is 0 Å². The normalized spacial score (nSPS) is 12.0. The average Bonchev–Trinajstić information content (AvgIpc) is 2.66. The fourth-order valence-corrected chi connectivity index (χ4v) is 1.51. The third-order valence-electron chi connectivity index (χ3n) is 2.36. The zero-order chi connectivity index (χ0) is 13.7. The number of aryl methyl sites for hydroxylation is 2. The van der Waals surface area contributed by atoms with Gasteiger partial charge in [-0.3, -0.25) is 14.8 Å². The van der Waals surface area contributed by atoms with Crippen LogP contribution in [0.25, 0.3) is 0 Å². The number of alkyl halides is 1. The maximum atomic E-state index is 11.4. The molecule has 1 aromatic heterocycles. The molecule has 1 unspecified atom stereocenters. The summed E-state index contributed by atoms with van der Waals surface area (Å²) >= 11 is 5.54. The summed E-state index contributed by atoms with van der Waals surface area (Å²) in [7, 11) is 1.82. The lowest BCUT2D eigenvalue weighted by Crippen LogP contribution is -2.41. The second-order valence-electron chi connectivity index (χ2n) is 3.92. The van der Waals surface area contributed by atoms with Crippen molar-refractivity contribution in [3.05, 3.63) is 17.5 Å². The summed E-state index contributed by atoms with van der Waals surface area (Å²) in [5, 5.41) is 8.25. The molecule has 0 aromatic carbocycles. The van der Waals surface area contributed by atoms with E-state index in [0.717, 1.165) is 17.7 Å². The van der Waals surface area contributed by atoms with Gasteiger partial charge in [-0.05, 0) is 13.3 Å². The number of nitrogens with zero attached hydrogens (tertiary/aromatic N) is 2. The second kappa shape index (κ2) is 6.39. The molecule has 3 amide bonds. The number of carbonyl (C=O) groups excluding carboxylic acids is 2. The minimum Gasteiger partial charge on any atom is -0.334 e. The highest BCUT2D eigenvalue weighted by Crippen LogP contribution is 2.06. The molecule has 0 radical (unpaired) electrons. The van der Waals surface area contributed by atoms with E-state index in [-0.39, 0.29) is 0 Å². The van der Waals surface area contributed by atoms with Crippen molar-refractivity contribution in [3.63, 3.8) is 0 Å². The SMILES string of the molecule is CCc1nn(C)cc1CNC(=O)NC(=O)C(C)Cl. The van der Waals surface area contributed by atoms with Crippen molar-refractivity contribution in [2.24, 2.45) is 7.05 Å². The molecular weight excluding hydrogens is 256 g/mol. The number of halogens is 1. The van der Waals surface area contributed by atoms with Gasteiger partial charge in [-0.2, -0.15) is 5.10 Å². The smallest absolute Gasteiger partial charge is 0.321 e. The number of nitrogens with one attached hydrogen (secondary N) is 2. The fourth-order valence-electron chi connectivity index (χ4n) is 1.46. The summed E-state index contributed by atoms with van der Waals surface area (Å²) in [5.41, 5.74) is 1.86. The van der Waals surface area contributed by atoms with E-state index in [1.807, 2.05) is 20.2 Å². The Bertz CT molecular complexity index is 442. The van der Waals surface area contributed by atoms with Gasteiger partial charge in [0.1, 0.15) is 5.38 Å². The summed E-state index contributed by atoms with van der Waals surface area (Å²) in [6.07, 6.45) is 2.63. The van der Waals surface area contributed by atoms with E-state index in [4.69, 9.17) is 11.6 Å². The van der Waals surface area contributed by atoms with E-state index in [0.29, 0.717) is 6.54 Å². The molecule has 0 spiro atoms. The third-order valence-corrected chi connectivity index (χ3v) is 2.56. The van der Waals surface area contributed by atoms with E-state index in [9.17, 15) is 9.59 Å². The van der Waals surface area contributed by atoms with Crippen molar-refractivity contribution in [3.8, 4) is 0 Å². The Labute approximate surface area is 111 Å². The third kappa shape index (κ3) is 4.03. The molecule has 0 saturated heterocycles. The van der Waals surface area contributed by atoms with Crippen LogP contribution in [0.1, 0.15) is 25.1 Å². The van der Waals surface area contributed by atoms with Crippen LogP contribution in [0, 0.1) is 0 Å². The van der Waals surface area contributed by atoms with Crippen LogP contribution in [0.3, 0.4) is 0 Å². The number of urea groups is 1. The number of rotatable bonds is 4. The van der Waals surface area contributed by atoms with Crippen molar-refractivity contribution in [1.82, 2.24) is 20.4 Å². The Morgan fingerprint density at radius 1 is 1.56 bits per heavy atom. The molecule has 0 aliphatic carbocycles. The first-order valence-corrected chi connectivity index (χ1v) is 6.11. The first kappa shape index (κ1) is 14.5. The average molecular weight is 273 g/mol. The Hall–Kier alpha value is -1.56. The van der Waals surface area contributed by atoms with Crippen LogP contribution in [-0.2, 0) is 24.8 Å². The molecular formula is C11H17ClN4O2. The van der Waals surface area contributed by atoms with Crippen molar-refractivity contribution in [2.45, 2.75) is 32.2 Å². The van der Waals surface area contributed by atoms with Gasteiger partial charge in [-0.15, -0.1) is 11.6 Å². The van der Waals surface area contributed by atoms with E-state index in [2.05, 4.69) is 15.7 Å². The monoisotopic (exact) mass is 272 g/mol. The molecule has 1 aromatic rings. The molecule has 1 atom stereocenters. The standard InChI is InChI=1S/C11H17ClN4O2/c1-4-9-8(6-16(3)15-9)5-13-11(18)14-10(17)7(2)12/h6-7H,4-5H2,1-3H3,(H2,13,14,17,18). The highest BCUT2D eigenvalue weighted by molar-refractivity contribution is 6.31. The largest absolute Gasteiger partial charge is 0.334 e. The van der Waals surface area contributed by atoms with Crippen LogP contribution in [0.5, 0.6) is 0 Å². The molecule has 100 valence electrons. The lowest BCUT2D eigenvalue weighted by atomic mass is 10.2. The summed E-state index contributed by atoms with van der Waals surface area (Å²) < 4.78 is 1.69. The Morgan fingerprint density at radius 3 is 2.78 bits per heavy atom. The molecule has 0 bridgehead atoms. The maximum Gasteiger partial charge on any atom is 0.321 e. The molecule has 7 heteroatoms. The van der Waals surface area contributed by atoms with Crippen molar-refractivity contribution < 1.29 is 9.59 Å².